The number of hydrogen-bond donors (Lipinski definition) is 0. The Bertz CT molecular complexity index is 2880. The smallest absolute Gasteiger partial charge is 0.151 e. The Morgan fingerprint density at radius 3 is 1.10 bits per heavy atom. The largest absolute Gasteiger partial charge is 0.453 e. The van der Waals surface area contributed by atoms with E-state index in [4.69, 9.17) is 19.4 Å². The zero-order valence-electron chi connectivity index (χ0n) is 30.7. The predicted octanol–water partition coefficient (Wildman–Crippen LogP) is 15.1. The van der Waals surface area contributed by atoms with Crippen molar-refractivity contribution < 1.29 is 9.47 Å². The lowest BCUT2D eigenvalue weighted by Crippen LogP contribution is -2.18. The van der Waals surface area contributed by atoms with Crippen LogP contribution in [0.4, 0.5) is 34.1 Å². The fourth-order valence-corrected chi connectivity index (χ4v) is 9.92. The number of hydrogen-bond acceptors (Lipinski definition) is 8. The molecule has 2 aromatic heterocycles. The Balaban J connectivity index is 1.13. The van der Waals surface area contributed by atoms with E-state index in [0.717, 1.165) is 110 Å². The van der Waals surface area contributed by atoms with Gasteiger partial charge in [0.05, 0.1) is 43.2 Å². The van der Waals surface area contributed by atoms with Crippen LogP contribution in [0, 0.1) is 0 Å². The molecule has 0 saturated heterocycles. The third-order valence-electron chi connectivity index (χ3n) is 10.6. The average Bonchev–Trinajstić information content (AvgIpc) is 3.92. The highest BCUT2D eigenvalue weighted by molar-refractivity contribution is 7.22. The van der Waals surface area contributed by atoms with Crippen molar-refractivity contribution in [2.24, 2.45) is 0 Å². The van der Waals surface area contributed by atoms with Crippen molar-refractivity contribution in [3.8, 4) is 55.3 Å². The number of para-hydroxylation sites is 10. The molecule has 0 saturated carbocycles. The minimum Gasteiger partial charge on any atom is -0.453 e. The summed E-state index contributed by atoms with van der Waals surface area (Å²) in [7, 11) is 0. The van der Waals surface area contributed by atoms with E-state index in [2.05, 4.69) is 131 Å². The maximum absolute atomic E-state index is 6.48. The molecule has 0 bridgehead atoms. The van der Waals surface area contributed by atoms with E-state index in [9.17, 15) is 0 Å². The third kappa shape index (κ3) is 5.45. The fourth-order valence-electron chi connectivity index (χ4n) is 8.02. The minimum absolute atomic E-state index is 0.797. The Morgan fingerprint density at radius 1 is 0.345 bits per heavy atom. The SMILES string of the molecule is c1ccc2c(c1)Oc1ccccc1N2c1cc(-c2cc(-c3nc4ccccc4s3)cc(-c3nc4ccccc4s3)c2)cc(N2c3ccccc3Oc3ccccc32)c1. The summed E-state index contributed by atoms with van der Waals surface area (Å²) in [6.45, 7) is 0. The van der Waals surface area contributed by atoms with Crippen molar-refractivity contribution in [2.45, 2.75) is 0 Å². The van der Waals surface area contributed by atoms with E-state index in [0.29, 0.717) is 0 Å². The van der Waals surface area contributed by atoms with E-state index in [-0.39, 0.29) is 0 Å². The molecule has 0 atom stereocenters. The van der Waals surface area contributed by atoms with Gasteiger partial charge in [-0.25, -0.2) is 9.97 Å². The Hall–Kier alpha value is -7.26. The average molecular weight is 783 g/mol. The van der Waals surface area contributed by atoms with Gasteiger partial charge in [-0.2, -0.15) is 0 Å². The van der Waals surface area contributed by atoms with Crippen molar-refractivity contribution in [2.75, 3.05) is 9.80 Å². The molecule has 0 spiro atoms. The van der Waals surface area contributed by atoms with Gasteiger partial charge in [-0.05, 0) is 120 Å². The summed E-state index contributed by atoms with van der Waals surface area (Å²) in [5.74, 6) is 3.19. The monoisotopic (exact) mass is 782 g/mol. The summed E-state index contributed by atoms with van der Waals surface area (Å²) in [6, 6.07) is 63.3. The molecule has 0 N–H and O–H groups in total. The van der Waals surface area contributed by atoms with E-state index in [1.807, 2.05) is 60.7 Å². The van der Waals surface area contributed by atoms with Crippen molar-refractivity contribution in [3.63, 3.8) is 0 Å². The fraction of sp³-hybridized carbons (Fsp3) is 0. The van der Waals surface area contributed by atoms with Gasteiger partial charge in [0.1, 0.15) is 10.0 Å². The van der Waals surface area contributed by atoms with Gasteiger partial charge >= 0.3 is 0 Å². The number of nitrogens with zero attached hydrogens (tertiary/aromatic N) is 4. The summed E-state index contributed by atoms with van der Waals surface area (Å²) in [5, 5.41) is 1.93. The molecule has 2 aliphatic rings. The normalized spacial score (nSPS) is 12.7. The van der Waals surface area contributed by atoms with Crippen molar-refractivity contribution in [3.05, 3.63) is 182 Å². The molecular weight excluding hydrogens is 753 g/mol. The number of rotatable bonds is 5. The highest BCUT2D eigenvalue weighted by Gasteiger charge is 2.30. The van der Waals surface area contributed by atoms with Crippen LogP contribution < -0.4 is 19.3 Å². The molecule has 0 radical (unpaired) electrons. The number of benzene rings is 8. The van der Waals surface area contributed by atoms with E-state index in [1.165, 1.54) is 0 Å². The van der Waals surface area contributed by atoms with Gasteiger partial charge in [0, 0.05) is 22.5 Å². The van der Waals surface area contributed by atoms with Crippen LogP contribution in [0.15, 0.2) is 182 Å². The second-order valence-electron chi connectivity index (χ2n) is 14.3. The number of thiazole rings is 2. The maximum Gasteiger partial charge on any atom is 0.151 e. The first-order chi connectivity index (χ1) is 28.7. The number of fused-ring (bicyclic) bond motifs is 6. The first-order valence-corrected chi connectivity index (χ1v) is 20.7. The number of aromatic nitrogens is 2. The van der Waals surface area contributed by atoms with Gasteiger partial charge in [-0.3, -0.25) is 0 Å². The quantitative estimate of drug-likeness (QED) is 0.173. The van der Waals surface area contributed by atoms with Crippen LogP contribution in [-0.4, -0.2) is 9.97 Å². The highest BCUT2D eigenvalue weighted by Crippen LogP contribution is 2.55. The van der Waals surface area contributed by atoms with Crippen LogP contribution in [0.2, 0.25) is 0 Å². The van der Waals surface area contributed by atoms with Gasteiger partial charge in [-0.1, -0.05) is 72.8 Å². The molecular formula is C50H30N4O2S2. The standard InChI is InChI=1S/C50H30N4O2S2/c1-11-23-47-37(13-1)51-49(57-47)33-25-31(26-34(27-33)50-52-38-14-2-12-24-48(38)58-50)32-28-35(53-39-15-3-7-19-43(39)55-44-20-8-4-16-40(44)53)30-36(29-32)54-41-17-5-9-21-45(41)56-46-22-10-6-18-42(46)54/h1-30H. The van der Waals surface area contributed by atoms with Crippen LogP contribution in [-0.2, 0) is 0 Å². The van der Waals surface area contributed by atoms with E-state index >= 15 is 0 Å². The molecule has 2 aliphatic heterocycles. The third-order valence-corrected chi connectivity index (χ3v) is 12.8. The molecule has 274 valence electrons. The number of anilines is 6. The zero-order valence-corrected chi connectivity index (χ0v) is 32.4. The summed E-state index contributed by atoms with van der Waals surface area (Å²) in [5.41, 5.74) is 12.0. The lowest BCUT2D eigenvalue weighted by atomic mass is 9.97. The summed E-state index contributed by atoms with van der Waals surface area (Å²) >= 11 is 3.42. The molecule has 58 heavy (non-hydrogen) atoms. The Kier molecular flexibility index (Phi) is 7.47. The summed E-state index contributed by atoms with van der Waals surface area (Å²) in [4.78, 5) is 14.9. The topological polar surface area (TPSA) is 50.7 Å². The zero-order chi connectivity index (χ0) is 38.2. The van der Waals surface area contributed by atoms with Gasteiger partial charge in [0.15, 0.2) is 23.0 Å². The highest BCUT2D eigenvalue weighted by atomic mass is 32.1. The molecule has 0 fully saturated rings. The molecule has 0 unspecified atom stereocenters. The predicted molar refractivity (Wildman–Crippen MR) is 239 cm³/mol. The molecule has 0 amide bonds. The van der Waals surface area contributed by atoms with Crippen molar-refractivity contribution in [1.82, 2.24) is 9.97 Å². The molecule has 10 aromatic rings. The van der Waals surface area contributed by atoms with E-state index in [1.54, 1.807) is 22.7 Å². The lowest BCUT2D eigenvalue weighted by Gasteiger charge is -2.36. The molecule has 6 nitrogen and oxygen atoms in total. The van der Waals surface area contributed by atoms with Gasteiger partial charge in [0.25, 0.3) is 0 Å². The molecule has 0 aliphatic carbocycles. The number of ether oxygens (including phenoxy) is 2. The van der Waals surface area contributed by atoms with Gasteiger partial charge in [-0.15, -0.1) is 22.7 Å². The second-order valence-corrected chi connectivity index (χ2v) is 16.3. The van der Waals surface area contributed by atoms with Crippen molar-refractivity contribution in [1.29, 1.82) is 0 Å². The first-order valence-electron chi connectivity index (χ1n) is 19.0. The first kappa shape index (κ1) is 32.9. The molecule has 8 heteroatoms. The van der Waals surface area contributed by atoms with Crippen LogP contribution in [0.3, 0.4) is 0 Å². The summed E-state index contributed by atoms with van der Waals surface area (Å²) in [6.07, 6.45) is 0. The molecule has 8 aromatic carbocycles. The van der Waals surface area contributed by atoms with Crippen LogP contribution >= 0.6 is 22.7 Å². The van der Waals surface area contributed by atoms with Gasteiger partial charge in [0.2, 0.25) is 0 Å². The lowest BCUT2D eigenvalue weighted by molar-refractivity contribution is 0.477. The summed E-state index contributed by atoms with van der Waals surface area (Å²) < 4.78 is 15.3. The van der Waals surface area contributed by atoms with Crippen LogP contribution in [0.5, 0.6) is 23.0 Å². The van der Waals surface area contributed by atoms with Crippen LogP contribution in [0.1, 0.15) is 0 Å². The van der Waals surface area contributed by atoms with Crippen molar-refractivity contribution >= 4 is 77.2 Å². The second kappa shape index (κ2) is 13.2. The van der Waals surface area contributed by atoms with E-state index < -0.39 is 0 Å². The molecule has 12 rings (SSSR count). The van der Waals surface area contributed by atoms with Gasteiger partial charge < -0.3 is 19.3 Å². The minimum atomic E-state index is 0.797. The van der Waals surface area contributed by atoms with Crippen LogP contribution in [0.25, 0.3) is 52.7 Å². The maximum atomic E-state index is 6.48. The Morgan fingerprint density at radius 2 is 0.690 bits per heavy atom. The Labute approximate surface area is 342 Å². The molecule has 4 heterocycles.